The largest absolute Gasteiger partial charge is 0.458 e. The second kappa shape index (κ2) is 22.0. The molecule has 0 saturated carbocycles. The van der Waals surface area contributed by atoms with Gasteiger partial charge in [-0.25, -0.2) is 4.98 Å². The number of benzene rings is 10. The van der Waals surface area contributed by atoms with E-state index in [2.05, 4.69) is 140 Å². The number of aryl methyl sites for hydroxylation is 1. The van der Waals surface area contributed by atoms with Gasteiger partial charge in [0.25, 0.3) is 6.33 Å². The number of rotatable bonds is 10. The normalized spacial score (nSPS) is 14.4. The Morgan fingerprint density at radius 1 is 0.432 bits per heavy atom. The molecule has 0 radical (unpaired) electrons. The Hall–Kier alpha value is -9.58. The first-order valence-corrected chi connectivity index (χ1v) is 29.9. The third-order valence-electron chi connectivity index (χ3n) is 16.5. The van der Waals surface area contributed by atoms with Crippen molar-refractivity contribution in [1.29, 1.82) is 0 Å². The zero-order chi connectivity index (χ0) is 72.8. The van der Waals surface area contributed by atoms with Crippen molar-refractivity contribution in [3.05, 3.63) is 271 Å². The summed E-state index contributed by atoms with van der Waals surface area (Å²) in [7, 11) is 0. The molecule has 0 amide bonds. The highest BCUT2D eigenvalue weighted by atomic mass is 16.5. The van der Waals surface area contributed by atoms with Gasteiger partial charge in [-0.05, 0) is 179 Å². The van der Waals surface area contributed by atoms with Gasteiger partial charge in [-0.3, -0.25) is 13.7 Å². The van der Waals surface area contributed by atoms with E-state index in [-0.39, 0.29) is 27.4 Å². The van der Waals surface area contributed by atoms with Gasteiger partial charge in [0.15, 0.2) is 0 Å². The molecule has 13 aromatic rings. The molecular formula is C83H78N4O. The fraction of sp³-hybridized carbons (Fsp3) is 0.205. The summed E-state index contributed by atoms with van der Waals surface area (Å²) in [5.74, 6) is 1.86. The van der Waals surface area contributed by atoms with Gasteiger partial charge in [-0.15, -0.1) is 0 Å². The molecule has 88 heavy (non-hydrogen) atoms. The van der Waals surface area contributed by atoms with Crippen molar-refractivity contribution < 1.29 is 27.1 Å². The van der Waals surface area contributed by atoms with Crippen molar-refractivity contribution in [1.82, 2.24) is 14.1 Å². The van der Waals surface area contributed by atoms with Crippen LogP contribution in [0, 0.1) is 13.3 Å². The second-order valence-corrected chi connectivity index (χ2v) is 27.1. The average molecular weight is 1160 g/mol. The summed E-state index contributed by atoms with van der Waals surface area (Å²) < 4.78 is 134. The summed E-state index contributed by atoms with van der Waals surface area (Å²) >= 11 is 0. The number of fused-ring (bicyclic) bond motifs is 4. The molecule has 0 atom stereocenters. The van der Waals surface area contributed by atoms with E-state index in [9.17, 15) is 9.60 Å². The number of aromatic nitrogens is 4. The van der Waals surface area contributed by atoms with Gasteiger partial charge in [0.05, 0.1) is 51.3 Å². The van der Waals surface area contributed by atoms with E-state index in [4.69, 9.17) is 17.9 Å². The van der Waals surface area contributed by atoms with E-state index in [1.165, 1.54) is 0 Å². The number of para-hydroxylation sites is 1. The lowest BCUT2D eigenvalue weighted by atomic mass is 9.79. The van der Waals surface area contributed by atoms with Gasteiger partial charge in [0.2, 0.25) is 0 Å². The summed E-state index contributed by atoms with van der Waals surface area (Å²) in [6.45, 7) is 27.9. The Bertz CT molecular complexity index is 5440. The van der Waals surface area contributed by atoms with Crippen LogP contribution in [-0.4, -0.2) is 14.1 Å². The third-order valence-corrected chi connectivity index (χ3v) is 16.5. The number of pyridine rings is 1. The van der Waals surface area contributed by atoms with Crippen LogP contribution < -0.4 is 9.30 Å². The average Bonchev–Trinajstić information content (AvgIpc) is 1.67. The molecule has 13 rings (SSSR count). The second-order valence-electron chi connectivity index (χ2n) is 27.1. The van der Waals surface area contributed by atoms with Crippen LogP contribution in [0.4, 0.5) is 0 Å². The van der Waals surface area contributed by atoms with Crippen LogP contribution in [0.15, 0.2) is 236 Å². The Morgan fingerprint density at radius 3 is 1.67 bits per heavy atom. The van der Waals surface area contributed by atoms with E-state index >= 15 is 0 Å². The first kappa shape index (κ1) is 43.9. The molecule has 3 aromatic heterocycles. The maximum Gasteiger partial charge on any atom is 0.269 e. The van der Waals surface area contributed by atoms with Crippen LogP contribution in [0.25, 0.3) is 106 Å². The van der Waals surface area contributed by atoms with Gasteiger partial charge in [0, 0.05) is 23.0 Å². The van der Waals surface area contributed by atoms with E-state index in [0.717, 1.165) is 72.1 Å². The lowest BCUT2D eigenvalue weighted by Gasteiger charge is -2.26. The number of nitrogens with zero attached hydrogens (tertiary/aromatic N) is 4. The summed E-state index contributed by atoms with van der Waals surface area (Å²) in [5, 5.41) is 2.10. The van der Waals surface area contributed by atoms with Crippen LogP contribution in [-0.2, 0) is 21.7 Å². The van der Waals surface area contributed by atoms with E-state index in [0.29, 0.717) is 39.5 Å². The van der Waals surface area contributed by atoms with Gasteiger partial charge < -0.3 is 4.74 Å². The Labute approximate surface area is 538 Å². The van der Waals surface area contributed by atoms with Crippen molar-refractivity contribution in [2.45, 2.75) is 112 Å². The highest BCUT2D eigenvalue weighted by Gasteiger charge is 2.28. The lowest BCUT2D eigenvalue weighted by molar-refractivity contribution is -0.571. The SMILES string of the molecule is [2H]c1c([2H])c([2H])c(-c2c([2H])c(-c3cc(C(C)(C)C)cc(-c4cccc(C)c4)c3-[n+]3[c-]n(-c4cccc(Oc5ccc6c7ccccc7n(-c7cc(C(C)(C)C)ccn7)c6c5)c4)c4cc(-c5cc(C(C)(C)C)cc(C(C)(C)C)c5)ccc43)c([2H])c(-c3c([2H])c([2H])c([2H])c([2H])c3[2H])c2[2H])c([2H])c1[2H]. The monoisotopic (exact) mass is 1160 g/mol. The van der Waals surface area contributed by atoms with Crippen LogP contribution >= 0.6 is 0 Å². The third kappa shape index (κ3) is 11.2. The topological polar surface area (TPSA) is 35.9 Å². The van der Waals surface area contributed by atoms with Crippen molar-refractivity contribution in [3.8, 4) is 84.3 Å². The first-order valence-electron chi connectivity index (χ1n) is 36.4. The molecule has 0 N–H and O–H groups in total. The molecule has 0 aliphatic heterocycles. The molecule has 0 aliphatic carbocycles. The number of imidazole rings is 1. The summed E-state index contributed by atoms with van der Waals surface area (Å²) in [6, 6.07) is 41.9. The van der Waals surface area contributed by atoms with Crippen LogP contribution in [0.3, 0.4) is 0 Å². The molecule has 0 saturated heterocycles. The molecule has 0 fully saturated rings. The minimum absolute atomic E-state index is 0.130. The first-order chi connectivity index (χ1) is 47.4. The predicted molar refractivity (Wildman–Crippen MR) is 369 cm³/mol. The molecule has 0 unspecified atom stereocenters. The van der Waals surface area contributed by atoms with Crippen molar-refractivity contribution in [2.75, 3.05) is 0 Å². The van der Waals surface area contributed by atoms with Crippen molar-refractivity contribution in [3.63, 3.8) is 0 Å². The maximum atomic E-state index is 10.6. The molecule has 0 spiro atoms. The molecule has 0 bridgehead atoms. The highest BCUT2D eigenvalue weighted by Crippen LogP contribution is 2.44. The molecule has 5 heteroatoms. The van der Waals surface area contributed by atoms with E-state index < -0.39 is 106 Å². The summed E-state index contributed by atoms with van der Waals surface area (Å²) in [6.07, 6.45) is 5.66. The predicted octanol–water partition coefficient (Wildman–Crippen LogP) is 21.8. The zero-order valence-corrected chi connectivity index (χ0v) is 52.2. The van der Waals surface area contributed by atoms with Gasteiger partial charge >= 0.3 is 0 Å². The number of hydrogen-bond acceptors (Lipinski definition) is 2. The highest BCUT2D eigenvalue weighted by molar-refractivity contribution is 6.09. The molecule has 10 aromatic carbocycles. The Kier molecular flexibility index (Phi) is 11.0. The Balaban J connectivity index is 1.13. The van der Waals surface area contributed by atoms with E-state index in [1.807, 2.05) is 128 Å². The zero-order valence-electron chi connectivity index (χ0n) is 65.2. The minimum atomic E-state index is -0.746. The molecular weight excluding hydrogens is 1070 g/mol. The van der Waals surface area contributed by atoms with Crippen LogP contribution in [0.2, 0.25) is 0 Å². The van der Waals surface area contributed by atoms with Gasteiger partial charge in [0.1, 0.15) is 17.3 Å². The lowest BCUT2D eigenvalue weighted by Crippen LogP contribution is -2.32. The summed E-state index contributed by atoms with van der Waals surface area (Å²) in [4.78, 5) is 4.92. The van der Waals surface area contributed by atoms with E-state index in [1.54, 1.807) is 0 Å². The number of ether oxygens (including phenoxy) is 1. The standard InChI is InChI=1S/C83H78N4O/c1-54-24-22-29-58(40-54)72-48-66(83(11,12)13)49-73(62-42-59(55-25-16-14-17-26-55)41-60(43-62)56-27-18-15-19-28-56)79(72)86-53-85(77-46-57(34-37-75(77)86)61-44-64(81(5,6)7)47-65(45-61)82(8,9)10)67-30-23-31-68(51-67)88-69-35-36-71-70-32-20-21-33-74(70)87(76(71)52-69)78-50-63(38-39-84-78)80(2,3)4/h14-52H,1-13H3/i14D,15D,16D,17D,18D,19D,25D,26D,27D,28D,41D,42D,43D. The quantitative estimate of drug-likeness (QED) is 0.101. The van der Waals surface area contributed by atoms with Gasteiger partial charge in [-0.2, -0.15) is 0 Å². The molecule has 0 aliphatic rings. The fourth-order valence-electron chi connectivity index (χ4n) is 11.5. The molecule has 3 heterocycles. The van der Waals surface area contributed by atoms with Crippen molar-refractivity contribution in [2.24, 2.45) is 0 Å². The Morgan fingerprint density at radius 2 is 1.02 bits per heavy atom. The minimum Gasteiger partial charge on any atom is -0.458 e. The smallest absolute Gasteiger partial charge is 0.269 e. The fourth-order valence-corrected chi connectivity index (χ4v) is 11.5. The molecule has 5 nitrogen and oxygen atoms in total. The maximum absolute atomic E-state index is 10.6. The molecule has 436 valence electrons. The van der Waals surface area contributed by atoms with Crippen molar-refractivity contribution >= 4 is 32.8 Å². The number of hydrogen-bond donors (Lipinski definition) is 0. The summed E-state index contributed by atoms with van der Waals surface area (Å²) in [5.41, 5.74) is 9.23. The van der Waals surface area contributed by atoms with Crippen LogP contribution in [0.5, 0.6) is 11.5 Å². The van der Waals surface area contributed by atoms with Crippen LogP contribution in [0.1, 0.15) is 129 Å². The van der Waals surface area contributed by atoms with Gasteiger partial charge in [-0.1, -0.05) is 240 Å².